The quantitative estimate of drug-likeness (QED) is 0.151. The van der Waals surface area contributed by atoms with Gasteiger partial charge in [-0.25, -0.2) is 0 Å². The third-order valence-electron chi connectivity index (χ3n) is 16.2. The van der Waals surface area contributed by atoms with Crippen molar-refractivity contribution in [1.29, 1.82) is 0 Å². The maximum absolute atomic E-state index is 2.65. The van der Waals surface area contributed by atoms with Gasteiger partial charge in [0.05, 0.1) is 44.5 Å². The Bertz CT molecular complexity index is 3680. The number of fused-ring (bicyclic) bond motifs is 12. The number of aromatic nitrogens is 2. The lowest BCUT2D eigenvalue weighted by atomic mass is 9.91. The van der Waals surface area contributed by atoms with Gasteiger partial charge in [0, 0.05) is 65.8 Å². The van der Waals surface area contributed by atoms with Gasteiger partial charge >= 0.3 is 0 Å². The Kier molecular flexibility index (Phi) is 8.36. The average Bonchev–Trinajstić information content (AvgIpc) is 4.28. The lowest BCUT2D eigenvalue weighted by Crippen LogP contribution is -2.10. The highest BCUT2D eigenvalue weighted by Crippen LogP contribution is 2.54. The average molecular weight is 875 g/mol. The van der Waals surface area contributed by atoms with Gasteiger partial charge in [0.1, 0.15) is 0 Å². The Balaban J connectivity index is 1.08. The van der Waals surface area contributed by atoms with Gasteiger partial charge < -0.3 is 18.6 Å². The number of hydrogen-bond acceptors (Lipinski definition) is 2. The first-order chi connectivity index (χ1) is 33.8. The van der Waals surface area contributed by atoms with E-state index in [4.69, 9.17) is 0 Å². The minimum absolute atomic E-state index is 0.557. The van der Waals surface area contributed by atoms with Crippen LogP contribution in [0.25, 0.3) is 76.2 Å². The predicted octanol–water partition coefficient (Wildman–Crippen LogP) is 18.2. The molecule has 68 heavy (non-hydrogen) atoms. The Morgan fingerprint density at radius 1 is 0.309 bits per heavy atom. The number of anilines is 6. The zero-order chi connectivity index (χ0) is 44.5. The summed E-state index contributed by atoms with van der Waals surface area (Å²) in [6.45, 7) is 0. The van der Waals surface area contributed by atoms with Crippen LogP contribution in [0.4, 0.5) is 34.1 Å². The lowest BCUT2D eigenvalue weighted by molar-refractivity contribution is 0.730. The van der Waals surface area contributed by atoms with Crippen molar-refractivity contribution >= 4 is 110 Å². The maximum Gasteiger partial charge on any atom is 0.0641 e. The highest BCUT2D eigenvalue weighted by Gasteiger charge is 2.31. The Morgan fingerprint density at radius 3 is 1.01 bits per heavy atom. The maximum atomic E-state index is 2.65. The first kappa shape index (κ1) is 38.3. The van der Waals surface area contributed by atoms with Crippen molar-refractivity contribution in [1.82, 2.24) is 8.80 Å². The fourth-order valence-corrected chi connectivity index (χ4v) is 13.4. The molecule has 326 valence electrons. The van der Waals surface area contributed by atoms with Crippen LogP contribution in [0.15, 0.2) is 194 Å². The summed E-state index contributed by atoms with van der Waals surface area (Å²) in [6, 6.07) is 73.0. The summed E-state index contributed by atoms with van der Waals surface area (Å²) in [5.74, 6) is 1.11. The first-order valence-corrected chi connectivity index (χ1v) is 25.0. The Morgan fingerprint density at radius 2 is 0.662 bits per heavy atom. The predicted molar refractivity (Wildman–Crippen MR) is 288 cm³/mol. The molecule has 0 amide bonds. The topological polar surface area (TPSA) is 15.3 Å². The van der Waals surface area contributed by atoms with Gasteiger partial charge in [-0.2, -0.15) is 0 Å². The fourth-order valence-electron chi connectivity index (χ4n) is 13.4. The molecule has 0 unspecified atom stereocenters. The molecule has 13 aromatic rings. The first-order valence-electron chi connectivity index (χ1n) is 25.0. The van der Waals surface area contributed by atoms with E-state index in [0.717, 1.165) is 22.7 Å². The van der Waals surface area contributed by atoms with Gasteiger partial charge in [0.15, 0.2) is 0 Å². The van der Waals surface area contributed by atoms with Crippen LogP contribution >= 0.6 is 0 Å². The van der Waals surface area contributed by atoms with Crippen LogP contribution in [0.2, 0.25) is 0 Å². The number of rotatable bonds is 8. The summed E-state index contributed by atoms with van der Waals surface area (Å²) in [5.41, 5.74) is 17.9. The van der Waals surface area contributed by atoms with Gasteiger partial charge in [0.2, 0.25) is 0 Å². The molecule has 2 saturated carbocycles. The monoisotopic (exact) mass is 874 g/mol. The van der Waals surface area contributed by atoms with Crippen LogP contribution in [-0.4, -0.2) is 8.80 Å². The van der Waals surface area contributed by atoms with Crippen molar-refractivity contribution in [2.24, 2.45) is 0 Å². The van der Waals surface area contributed by atoms with Gasteiger partial charge in [-0.15, -0.1) is 0 Å². The molecule has 2 aliphatic rings. The second-order valence-electron chi connectivity index (χ2n) is 19.7. The minimum Gasteiger partial charge on any atom is -0.310 e. The van der Waals surface area contributed by atoms with Crippen molar-refractivity contribution < 1.29 is 0 Å². The summed E-state index contributed by atoms with van der Waals surface area (Å²) in [4.78, 5) is 4.98. The van der Waals surface area contributed by atoms with E-state index in [1.54, 1.807) is 0 Å². The van der Waals surface area contributed by atoms with Gasteiger partial charge in [-0.1, -0.05) is 135 Å². The molecule has 0 spiro atoms. The zero-order valence-electron chi connectivity index (χ0n) is 38.1. The van der Waals surface area contributed by atoms with Crippen molar-refractivity contribution in [2.45, 2.75) is 63.2 Å². The summed E-state index contributed by atoms with van der Waals surface area (Å²) in [7, 11) is 0. The molecule has 4 nitrogen and oxygen atoms in total. The molecule has 0 atom stereocenters. The smallest absolute Gasteiger partial charge is 0.0641 e. The Labute approximate surface area is 395 Å². The van der Waals surface area contributed by atoms with Gasteiger partial charge in [-0.3, -0.25) is 0 Å². The van der Waals surface area contributed by atoms with Gasteiger partial charge in [0.25, 0.3) is 0 Å². The molecule has 0 aliphatic heterocycles. The van der Waals surface area contributed by atoms with Crippen molar-refractivity contribution in [3.8, 4) is 0 Å². The summed E-state index contributed by atoms with van der Waals surface area (Å²) in [6.07, 6.45) is 10.2. The van der Waals surface area contributed by atoms with Crippen molar-refractivity contribution in [3.05, 3.63) is 205 Å². The van der Waals surface area contributed by atoms with Crippen LogP contribution in [-0.2, 0) is 0 Å². The number of benzene rings is 9. The van der Waals surface area contributed by atoms with E-state index in [0.29, 0.717) is 11.8 Å². The normalized spacial score (nSPS) is 15.1. The highest BCUT2D eigenvalue weighted by molar-refractivity contribution is 6.32. The van der Waals surface area contributed by atoms with Crippen molar-refractivity contribution in [2.75, 3.05) is 9.80 Å². The Hall–Kier alpha value is -7.82. The van der Waals surface area contributed by atoms with E-state index in [-0.39, 0.29) is 0 Å². The molecule has 0 saturated heterocycles. The molecular formula is C64H50N4. The van der Waals surface area contributed by atoms with Crippen LogP contribution in [0.5, 0.6) is 0 Å². The lowest BCUT2D eigenvalue weighted by Gasteiger charge is -2.27. The van der Waals surface area contributed by atoms with Crippen LogP contribution < -0.4 is 9.80 Å². The molecule has 4 heterocycles. The van der Waals surface area contributed by atoms with E-state index in [1.165, 1.54) is 150 Å². The molecule has 0 radical (unpaired) electrons. The number of hydrogen-bond donors (Lipinski definition) is 0. The third kappa shape index (κ3) is 5.37. The molecule has 2 aliphatic carbocycles. The molecule has 0 N–H and O–H groups in total. The second-order valence-corrected chi connectivity index (χ2v) is 19.7. The minimum atomic E-state index is 0.557. The van der Waals surface area contributed by atoms with E-state index >= 15 is 0 Å². The standard InChI is InChI=1S/C64H50N4/c1-5-23-43(24-6-1)65(44-25-7-2-8-26-44)55-37-35-49-51-39-58-52(40-57(51)67-53-33-17-31-47(41-19-13-14-20-41)59(53)61(55)63(49)67)50-36-38-56(66(45-27-9-3-10-28-45)46-29-11-4-12-30-46)62-60-48(42-21-15-16-22-42)32-18-34-54(60)68(58)64(50)62/h1-12,17-18,23-42H,13-16,19-22H2. The third-order valence-corrected chi connectivity index (χ3v) is 16.2. The summed E-state index contributed by atoms with van der Waals surface area (Å²) in [5, 5.41) is 10.8. The largest absolute Gasteiger partial charge is 0.310 e. The summed E-state index contributed by atoms with van der Waals surface area (Å²) >= 11 is 0. The molecule has 15 rings (SSSR count). The molecular weight excluding hydrogens is 825 g/mol. The highest BCUT2D eigenvalue weighted by atomic mass is 15.2. The molecule has 9 aromatic carbocycles. The molecule has 0 bridgehead atoms. The van der Waals surface area contributed by atoms with Gasteiger partial charge in [-0.05, 0) is 134 Å². The van der Waals surface area contributed by atoms with Crippen LogP contribution in [0.3, 0.4) is 0 Å². The van der Waals surface area contributed by atoms with Crippen molar-refractivity contribution in [3.63, 3.8) is 0 Å². The number of para-hydroxylation sites is 4. The van der Waals surface area contributed by atoms with E-state index in [9.17, 15) is 0 Å². The fraction of sp³-hybridized carbons (Fsp3) is 0.156. The van der Waals surface area contributed by atoms with E-state index in [1.807, 2.05) is 0 Å². The van der Waals surface area contributed by atoms with E-state index < -0.39 is 0 Å². The molecule has 4 heteroatoms. The molecule has 4 aromatic heterocycles. The summed E-state index contributed by atoms with van der Waals surface area (Å²) < 4.78 is 5.29. The zero-order valence-corrected chi connectivity index (χ0v) is 38.1. The second kappa shape index (κ2) is 14.8. The SMILES string of the molecule is c1ccc(N(c2ccccc2)c2ccc3c4cc5c(cc4n4c6cccc(C7CCCC7)c6c2c34)c2ccc(N(c3ccccc3)c3ccccc3)c3c4c(C6CCCC6)cccc4n5c23)cc1. The number of nitrogens with zero attached hydrogens (tertiary/aromatic N) is 4. The van der Waals surface area contributed by atoms with Crippen LogP contribution in [0.1, 0.15) is 74.3 Å². The van der Waals surface area contributed by atoms with Crippen LogP contribution in [0, 0.1) is 0 Å². The van der Waals surface area contributed by atoms with E-state index in [2.05, 4.69) is 213 Å². The molecule has 2 fully saturated rings.